The maximum atomic E-state index is 14.2. The number of nitrogen functional groups attached to an aromatic ring is 1. The van der Waals surface area contributed by atoms with Gasteiger partial charge in [0.1, 0.15) is 23.2 Å². The van der Waals surface area contributed by atoms with Crippen molar-refractivity contribution in [1.29, 1.82) is 5.41 Å². The first-order valence-electron chi connectivity index (χ1n) is 9.87. The van der Waals surface area contributed by atoms with Crippen molar-refractivity contribution >= 4 is 35.0 Å². The van der Waals surface area contributed by atoms with Gasteiger partial charge in [-0.2, -0.15) is 0 Å². The zero-order chi connectivity index (χ0) is 23.7. The lowest BCUT2D eigenvalue weighted by molar-refractivity contribution is -0.143. The third kappa shape index (κ3) is 7.46. The van der Waals surface area contributed by atoms with Crippen molar-refractivity contribution in [3.05, 3.63) is 59.2 Å². The minimum Gasteiger partial charge on any atom is -0.466 e. The molecule has 0 aliphatic rings. The van der Waals surface area contributed by atoms with Gasteiger partial charge in [-0.25, -0.2) is 8.78 Å². The Balaban J connectivity index is 1.87. The molecule has 0 heterocycles. The van der Waals surface area contributed by atoms with Crippen LogP contribution in [0.3, 0.4) is 0 Å². The quantitative estimate of drug-likeness (QED) is 0.253. The molecule has 2 amide bonds. The zero-order valence-electron chi connectivity index (χ0n) is 17.5. The predicted molar refractivity (Wildman–Crippen MR) is 115 cm³/mol. The molecule has 8 nitrogen and oxygen atoms in total. The number of nitrogens with two attached hydrogens (primary N) is 1. The maximum Gasteiger partial charge on any atom is 0.306 e. The highest BCUT2D eigenvalue weighted by Gasteiger charge is 2.16. The van der Waals surface area contributed by atoms with Crippen molar-refractivity contribution in [2.45, 2.75) is 32.6 Å². The van der Waals surface area contributed by atoms with Crippen LogP contribution in [0.25, 0.3) is 0 Å². The largest absolute Gasteiger partial charge is 0.466 e. The molecular weight excluding hydrogens is 422 g/mol. The highest BCUT2D eigenvalue weighted by atomic mass is 19.1. The number of carbonyl (C=O) groups is 3. The first-order valence-corrected chi connectivity index (χ1v) is 9.87. The van der Waals surface area contributed by atoms with Gasteiger partial charge >= 0.3 is 5.97 Å². The Morgan fingerprint density at radius 1 is 0.969 bits per heavy atom. The number of nitrogens with one attached hydrogen (secondary N) is 3. The minimum atomic E-state index is -0.979. The molecule has 2 aromatic carbocycles. The second-order valence-electron chi connectivity index (χ2n) is 6.83. The molecule has 0 radical (unpaired) electrons. The molecule has 0 bridgehead atoms. The molecule has 32 heavy (non-hydrogen) atoms. The standard InChI is InChI=1S/C22H24F2N4O4/c1-2-32-20(31)10-3-13-11-16(23)21(17(24)12-13)28-19(30)9-8-18(29)27-15-6-4-14(5-7-15)22(25)26/h4-7,11-12H,2-3,8-10H2,1H3,(H3,25,26)(H,27,29)(H,28,30). The first kappa shape index (κ1) is 24.4. The van der Waals surface area contributed by atoms with Gasteiger partial charge in [0.05, 0.1) is 6.61 Å². The van der Waals surface area contributed by atoms with E-state index in [1.165, 1.54) is 0 Å². The van der Waals surface area contributed by atoms with Crippen LogP contribution < -0.4 is 16.4 Å². The van der Waals surface area contributed by atoms with Gasteiger partial charge < -0.3 is 21.1 Å². The zero-order valence-corrected chi connectivity index (χ0v) is 17.5. The number of hydrogen-bond acceptors (Lipinski definition) is 5. The van der Waals surface area contributed by atoms with Crippen LogP contribution in [0.5, 0.6) is 0 Å². The fourth-order valence-corrected chi connectivity index (χ4v) is 2.75. The summed E-state index contributed by atoms with van der Waals surface area (Å²) < 4.78 is 33.3. The van der Waals surface area contributed by atoms with Crippen molar-refractivity contribution in [2.24, 2.45) is 5.73 Å². The van der Waals surface area contributed by atoms with Crippen LogP contribution in [-0.4, -0.2) is 30.2 Å². The summed E-state index contributed by atoms with van der Waals surface area (Å²) >= 11 is 0. The fraction of sp³-hybridized carbons (Fsp3) is 0.273. The molecule has 10 heteroatoms. The Morgan fingerprint density at radius 3 is 2.06 bits per heavy atom. The van der Waals surface area contributed by atoms with Crippen molar-refractivity contribution in [2.75, 3.05) is 17.2 Å². The lowest BCUT2D eigenvalue weighted by Crippen LogP contribution is -2.18. The Labute approximate surface area is 183 Å². The predicted octanol–water partition coefficient (Wildman–Crippen LogP) is 3.10. The van der Waals surface area contributed by atoms with E-state index in [1.807, 2.05) is 0 Å². The van der Waals surface area contributed by atoms with Crippen LogP contribution in [0, 0.1) is 17.0 Å². The molecule has 0 saturated carbocycles. The highest BCUT2D eigenvalue weighted by molar-refractivity contribution is 5.98. The number of benzene rings is 2. The van der Waals surface area contributed by atoms with Crippen molar-refractivity contribution in [3.63, 3.8) is 0 Å². The third-order valence-electron chi connectivity index (χ3n) is 4.35. The summed E-state index contributed by atoms with van der Waals surface area (Å²) in [7, 11) is 0. The molecule has 0 spiro atoms. The van der Waals surface area contributed by atoms with Crippen LogP contribution in [0.15, 0.2) is 36.4 Å². The number of carbonyl (C=O) groups excluding carboxylic acids is 3. The molecule has 0 aliphatic carbocycles. The van der Waals surface area contributed by atoms with Gasteiger partial charge in [-0.15, -0.1) is 0 Å². The molecule has 0 saturated heterocycles. The highest BCUT2D eigenvalue weighted by Crippen LogP contribution is 2.22. The van der Waals surface area contributed by atoms with Gasteiger partial charge in [-0.05, 0) is 55.3 Å². The SMILES string of the molecule is CCOC(=O)CCc1cc(F)c(NC(=O)CCC(=O)Nc2ccc(C(=N)N)cc2)c(F)c1. The average Bonchev–Trinajstić information content (AvgIpc) is 2.74. The minimum absolute atomic E-state index is 0.0228. The lowest BCUT2D eigenvalue weighted by Gasteiger charge is -2.10. The maximum absolute atomic E-state index is 14.2. The van der Waals surface area contributed by atoms with Gasteiger partial charge in [0.25, 0.3) is 0 Å². The lowest BCUT2D eigenvalue weighted by atomic mass is 10.1. The monoisotopic (exact) mass is 446 g/mol. The molecular formula is C22H24F2N4O4. The number of amides is 2. The van der Waals surface area contributed by atoms with E-state index in [9.17, 15) is 23.2 Å². The second-order valence-corrected chi connectivity index (χ2v) is 6.83. The average molecular weight is 446 g/mol. The topological polar surface area (TPSA) is 134 Å². The molecule has 2 rings (SSSR count). The van der Waals surface area contributed by atoms with Crippen LogP contribution >= 0.6 is 0 Å². The fourth-order valence-electron chi connectivity index (χ4n) is 2.75. The van der Waals surface area contributed by atoms with Gasteiger partial charge in [0.15, 0.2) is 0 Å². The van der Waals surface area contributed by atoms with E-state index in [0.717, 1.165) is 12.1 Å². The number of anilines is 2. The Hall–Kier alpha value is -3.82. The molecule has 0 unspecified atom stereocenters. The van der Waals surface area contributed by atoms with Crippen LogP contribution in [0.1, 0.15) is 37.3 Å². The second kappa shape index (κ2) is 11.5. The van der Waals surface area contributed by atoms with Gasteiger partial charge in [-0.1, -0.05) is 0 Å². The first-order chi connectivity index (χ1) is 15.2. The smallest absolute Gasteiger partial charge is 0.306 e. The number of aryl methyl sites for hydroxylation is 1. The molecule has 0 atom stereocenters. The third-order valence-corrected chi connectivity index (χ3v) is 4.35. The van der Waals surface area contributed by atoms with Crippen LogP contribution in [0.2, 0.25) is 0 Å². The number of rotatable bonds is 10. The molecule has 170 valence electrons. The van der Waals surface area contributed by atoms with Gasteiger partial charge in [-0.3, -0.25) is 19.8 Å². The van der Waals surface area contributed by atoms with Crippen molar-refractivity contribution in [1.82, 2.24) is 0 Å². The number of halogens is 2. The van der Waals surface area contributed by atoms with Gasteiger partial charge in [0.2, 0.25) is 11.8 Å². The molecule has 2 aromatic rings. The summed E-state index contributed by atoms with van der Waals surface area (Å²) in [5, 5.41) is 12.0. The number of esters is 1. The molecule has 0 aliphatic heterocycles. The Bertz CT molecular complexity index is 986. The summed E-state index contributed by atoms with van der Waals surface area (Å²) in [4.78, 5) is 35.4. The summed E-state index contributed by atoms with van der Waals surface area (Å²) in [5.41, 5.74) is 5.94. The Morgan fingerprint density at radius 2 is 1.53 bits per heavy atom. The van der Waals surface area contributed by atoms with Crippen LogP contribution in [0.4, 0.5) is 20.2 Å². The summed E-state index contributed by atoms with van der Waals surface area (Å²) in [6.45, 7) is 1.88. The van der Waals surface area contributed by atoms with E-state index >= 15 is 0 Å². The molecule has 0 aromatic heterocycles. The number of amidine groups is 1. The van der Waals surface area contributed by atoms with E-state index in [-0.39, 0.29) is 43.7 Å². The van der Waals surface area contributed by atoms with E-state index < -0.39 is 35.1 Å². The number of ether oxygens (including phenoxy) is 1. The Kier molecular flexibility index (Phi) is 8.82. The van der Waals surface area contributed by atoms with Crippen molar-refractivity contribution < 1.29 is 27.9 Å². The van der Waals surface area contributed by atoms with E-state index in [0.29, 0.717) is 11.3 Å². The van der Waals surface area contributed by atoms with Gasteiger partial charge in [0, 0.05) is 30.5 Å². The normalized spacial score (nSPS) is 10.3. The van der Waals surface area contributed by atoms with Crippen LogP contribution in [-0.2, 0) is 25.5 Å². The van der Waals surface area contributed by atoms with E-state index in [4.69, 9.17) is 15.9 Å². The van der Waals surface area contributed by atoms with E-state index in [1.54, 1.807) is 31.2 Å². The van der Waals surface area contributed by atoms with Crippen molar-refractivity contribution in [3.8, 4) is 0 Å². The number of hydrogen-bond donors (Lipinski definition) is 4. The van der Waals surface area contributed by atoms with E-state index in [2.05, 4.69) is 10.6 Å². The summed E-state index contributed by atoms with van der Waals surface area (Å²) in [6.07, 6.45) is -0.429. The molecule has 0 fully saturated rings. The summed E-state index contributed by atoms with van der Waals surface area (Å²) in [6, 6.07) is 8.32. The molecule has 5 N–H and O–H groups in total. The summed E-state index contributed by atoms with van der Waals surface area (Å²) in [5.74, 6) is -3.74.